The van der Waals surface area contributed by atoms with E-state index in [1.165, 1.54) is 0 Å². The van der Waals surface area contributed by atoms with Crippen molar-refractivity contribution in [2.45, 2.75) is 26.2 Å². The van der Waals surface area contributed by atoms with Crippen LogP contribution in [-0.2, 0) is 11.2 Å². The first-order valence-corrected chi connectivity index (χ1v) is 10.1. The van der Waals surface area contributed by atoms with Crippen LogP contribution in [0, 0.1) is 12.8 Å². The average molecular weight is 403 g/mol. The van der Waals surface area contributed by atoms with Gasteiger partial charge in [0.15, 0.2) is 0 Å². The van der Waals surface area contributed by atoms with E-state index in [4.69, 9.17) is 0 Å². The Hall–Kier alpha value is -3.55. The van der Waals surface area contributed by atoms with E-state index in [0.29, 0.717) is 11.7 Å². The van der Waals surface area contributed by atoms with E-state index in [1.807, 2.05) is 30.2 Å². The third kappa shape index (κ3) is 5.08. The fourth-order valence-corrected chi connectivity index (χ4v) is 3.54. The smallest absolute Gasteiger partial charge is 0.246 e. The lowest BCUT2D eigenvalue weighted by Gasteiger charge is -2.31. The highest BCUT2D eigenvalue weighted by Crippen LogP contribution is 2.22. The molecule has 0 saturated carbocycles. The predicted molar refractivity (Wildman–Crippen MR) is 115 cm³/mol. The summed E-state index contributed by atoms with van der Waals surface area (Å²) in [6, 6.07) is 3.91. The molecule has 8 nitrogen and oxygen atoms in total. The van der Waals surface area contributed by atoms with E-state index in [1.54, 1.807) is 37.1 Å². The van der Waals surface area contributed by atoms with Gasteiger partial charge in [-0.1, -0.05) is 6.07 Å². The van der Waals surface area contributed by atoms with Crippen LogP contribution in [0.25, 0.3) is 6.08 Å². The molecule has 1 aliphatic rings. The number of aromatic amines is 1. The van der Waals surface area contributed by atoms with Crippen LogP contribution in [0.15, 0.2) is 49.3 Å². The van der Waals surface area contributed by atoms with Gasteiger partial charge in [0.2, 0.25) is 5.91 Å². The Labute approximate surface area is 175 Å². The molecular weight excluding hydrogens is 378 g/mol. The fourth-order valence-electron chi connectivity index (χ4n) is 3.54. The van der Waals surface area contributed by atoms with Crippen LogP contribution in [0.2, 0.25) is 0 Å². The van der Waals surface area contributed by atoms with E-state index in [0.717, 1.165) is 55.1 Å². The maximum absolute atomic E-state index is 12.3. The highest BCUT2D eigenvalue weighted by Gasteiger charge is 2.22. The molecule has 0 aliphatic carbocycles. The van der Waals surface area contributed by atoms with Crippen LogP contribution < -0.4 is 5.32 Å². The Morgan fingerprint density at radius 2 is 2.10 bits per heavy atom. The summed E-state index contributed by atoms with van der Waals surface area (Å²) in [4.78, 5) is 34.5. The highest BCUT2D eigenvalue weighted by atomic mass is 16.2. The van der Waals surface area contributed by atoms with Crippen LogP contribution in [-0.4, -0.2) is 48.8 Å². The zero-order valence-corrected chi connectivity index (χ0v) is 17.0. The van der Waals surface area contributed by atoms with E-state index in [-0.39, 0.29) is 5.91 Å². The predicted octanol–water partition coefficient (Wildman–Crippen LogP) is 3.14. The van der Waals surface area contributed by atoms with Crippen molar-refractivity contribution >= 4 is 23.6 Å². The molecule has 0 radical (unpaired) electrons. The van der Waals surface area contributed by atoms with Crippen molar-refractivity contribution < 1.29 is 4.79 Å². The maximum atomic E-state index is 12.3. The number of imidazole rings is 1. The average Bonchev–Trinajstić information content (AvgIpc) is 3.29. The Morgan fingerprint density at radius 3 is 2.80 bits per heavy atom. The molecule has 3 aromatic heterocycles. The second kappa shape index (κ2) is 9.30. The fraction of sp³-hybridized carbons (Fsp3) is 0.318. The topological polar surface area (TPSA) is 99.7 Å². The van der Waals surface area contributed by atoms with E-state index >= 15 is 0 Å². The van der Waals surface area contributed by atoms with Crippen molar-refractivity contribution in [1.82, 2.24) is 29.8 Å². The molecule has 3 aromatic rings. The number of carbonyl (C=O) groups is 1. The first-order valence-electron chi connectivity index (χ1n) is 10.1. The number of nitrogens with one attached hydrogen (secondary N) is 2. The van der Waals surface area contributed by atoms with Gasteiger partial charge in [-0.05, 0) is 49.8 Å². The largest absolute Gasteiger partial charge is 0.345 e. The van der Waals surface area contributed by atoms with Gasteiger partial charge < -0.3 is 15.2 Å². The van der Waals surface area contributed by atoms with Crippen LogP contribution in [0.4, 0.5) is 11.6 Å². The van der Waals surface area contributed by atoms with Gasteiger partial charge in [0.05, 0.1) is 36.3 Å². The molecular formula is C22H25N7O. The summed E-state index contributed by atoms with van der Waals surface area (Å²) in [7, 11) is 0. The zero-order valence-electron chi connectivity index (χ0n) is 17.0. The van der Waals surface area contributed by atoms with Gasteiger partial charge in [0, 0.05) is 25.4 Å². The third-order valence-corrected chi connectivity index (χ3v) is 5.31. The van der Waals surface area contributed by atoms with E-state index < -0.39 is 0 Å². The summed E-state index contributed by atoms with van der Waals surface area (Å²) in [5.74, 6) is 2.03. The minimum absolute atomic E-state index is 0.0445. The minimum atomic E-state index is 0.0445. The number of hydrogen-bond acceptors (Lipinski definition) is 6. The lowest BCUT2D eigenvalue weighted by atomic mass is 9.92. The van der Waals surface area contributed by atoms with Crippen molar-refractivity contribution in [2.75, 3.05) is 18.4 Å². The van der Waals surface area contributed by atoms with Gasteiger partial charge in [-0.2, -0.15) is 0 Å². The van der Waals surface area contributed by atoms with Crippen molar-refractivity contribution in [1.29, 1.82) is 0 Å². The van der Waals surface area contributed by atoms with Gasteiger partial charge in [-0.25, -0.2) is 15.0 Å². The molecule has 154 valence electrons. The first-order chi connectivity index (χ1) is 14.7. The van der Waals surface area contributed by atoms with Crippen LogP contribution in [0.3, 0.4) is 0 Å². The molecule has 1 aliphatic heterocycles. The molecule has 0 atom stereocenters. The molecule has 0 bridgehead atoms. The van der Waals surface area contributed by atoms with Crippen molar-refractivity contribution in [2.24, 2.45) is 5.92 Å². The van der Waals surface area contributed by atoms with Crippen molar-refractivity contribution in [3.05, 3.63) is 66.3 Å². The number of rotatable bonds is 6. The Morgan fingerprint density at radius 1 is 1.23 bits per heavy atom. The number of aryl methyl sites for hydroxylation is 1. The molecule has 0 spiro atoms. The quantitative estimate of drug-likeness (QED) is 0.614. The third-order valence-electron chi connectivity index (χ3n) is 5.31. The van der Waals surface area contributed by atoms with Gasteiger partial charge in [-0.3, -0.25) is 9.78 Å². The number of H-pyrrole nitrogens is 1. The highest BCUT2D eigenvalue weighted by molar-refractivity contribution is 5.91. The molecule has 0 aromatic carbocycles. The minimum Gasteiger partial charge on any atom is -0.345 e. The second-order valence-electron chi connectivity index (χ2n) is 7.50. The van der Waals surface area contributed by atoms with Gasteiger partial charge in [-0.15, -0.1) is 0 Å². The Bertz CT molecular complexity index is 991. The Kier molecular flexibility index (Phi) is 6.12. The SMILES string of the molecule is Cc1cccnc1Nc1cnc(CC2CCN(C(=O)/C=C/c3cnc[nH]3)CC2)cn1. The van der Waals surface area contributed by atoms with Crippen LogP contribution >= 0.6 is 0 Å². The second-order valence-corrected chi connectivity index (χ2v) is 7.50. The van der Waals surface area contributed by atoms with Gasteiger partial charge >= 0.3 is 0 Å². The number of likely N-dealkylation sites (tertiary alicyclic amines) is 1. The standard InChI is InChI=1S/C22H25N7O/c1-16-3-2-8-24-22(16)28-20-14-25-19(13-26-20)11-17-6-9-29(10-7-17)21(30)5-4-18-12-23-15-27-18/h2-5,8,12-15,17H,6-7,9-11H2,1H3,(H,23,27)(H,24,26,28)/b5-4+. The molecule has 2 N–H and O–H groups in total. The monoisotopic (exact) mass is 403 g/mol. The summed E-state index contributed by atoms with van der Waals surface area (Å²) >= 11 is 0. The Balaban J connectivity index is 1.26. The molecule has 30 heavy (non-hydrogen) atoms. The molecule has 4 rings (SSSR count). The first kappa shape index (κ1) is 19.8. The lowest BCUT2D eigenvalue weighted by molar-refractivity contribution is -0.127. The number of nitrogens with zero attached hydrogens (tertiary/aromatic N) is 5. The van der Waals surface area contributed by atoms with Crippen molar-refractivity contribution in [3.63, 3.8) is 0 Å². The van der Waals surface area contributed by atoms with Crippen molar-refractivity contribution in [3.8, 4) is 0 Å². The number of amides is 1. The summed E-state index contributed by atoms with van der Waals surface area (Å²) in [6.45, 7) is 3.53. The molecule has 8 heteroatoms. The van der Waals surface area contributed by atoms with E-state index in [2.05, 4.69) is 30.2 Å². The van der Waals surface area contributed by atoms with Gasteiger partial charge in [0.1, 0.15) is 11.6 Å². The molecule has 1 amide bonds. The number of pyridine rings is 1. The number of piperidine rings is 1. The molecule has 1 saturated heterocycles. The number of aromatic nitrogens is 5. The summed E-state index contributed by atoms with van der Waals surface area (Å²) in [5.41, 5.74) is 2.86. The van der Waals surface area contributed by atoms with Crippen LogP contribution in [0.5, 0.6) is 0 Å². The normalized spacial score (nSPS) is 14.9. The molecule has 0 unspecified atom stereocenters. The molecule has 4 heterocycles. The van der Waals surface area contributed by atoms with E-state index in [9.17, 15) is 4.79 Å². The number of carbonyl (C=O) groups excluding carboxylic acids is 1. The summed E-state index contributed by atoms with van der Waals surface area (Å²) in [6.07, 6.45) is 14.8. The number of hydrogen-bond donors (Lipinski definition) is 2. The maximum Gasteiger partial charge on any atom is 0.246 e. The number of anilines is 2. The summed E-state index contributed by atoms with van der Waals surface area (Å²) < 4.78 is 0. The van der Waals surface area contributed by atoms with Gasteiger partial charge in [0.25, 0.3) is 0 Å². The zero-order chi connectivity index (χ0) is 20.8. The summed E-state index contributed by atoms with van der Waals surface area (Å²) in [5, 5.41) is 3.20. The lowest BCUT2D eigenvalue weighted by Crippen LogP contribution is -2.38. The van der Waals surface area contributed by atoms with Crippen LogP contribution in [0.1, 0.15) is 29.8 Å². The molecule has 1 fully saturated rings.